The number of hydrogen-bond acceptors (Lipinski definition) is 3. The first-order valence-electron chi connectivity index (χ1n) is 5.59. The third-order valence-electron chi connectivity index (χ3n) is 1.96. The molecular weight excluding hydrogens is 228 g/mol. The fraction of sp³-hybridized carbons (Fsp3) is 0.214. The molecule has 0 aliphatic heterocycles. The van der Waals surface area contributed by atoms with E-state index in [1.54, 1.807) is 17.1 Å². The topological polar surface area (TPSA) is 66.6 Å². The zero-order valence-corrected chi connectivity index (χ0v) is 10.5. The van der Waals surface area contributed by atoms with Gasteiger partial charge in [-0.15, -0.1) is 13.2 Å². The summed E-state index contributed by atoms with van der Waals surface area (Å²) in [6.45, 7) is 8.07. The predicted octanol–water partition coefficient (Wildman–Crippen LogP) is 1.89. The zero-order valence-electron chi connectivity index (χ0n) is 10.5. The van der Waals surface area contributed by atoms with Crippen LogP contribution in [-0.2, 0) is 4.79 Å². The van der Waals surface area contributed by atoms with Gasteiger partial charge in [0.25, 0.3) is 0 Å². The molecule has 4 heteroatoms. The molecule has 1 rings (SSSR count). The molecule has 0 saturated heterocycles. The van der Waals surface area contributed by atoms with Crippen LogP contribution in [0.5, 0.6) is 0 Å². The van der Waals surface area contributed by atoms with E-state index in [4.69, 9.17) is 10.8 Å². The largest absolute Gasteiger partial charge is 0.480 e. The van der Waals surface area contributed by atoms with Gasteiger partial charge in [-0.3, -0.25) is 4.79 Å². The van der Waals surface area contributed by atoms with Crippen LogP contribution in [0.4, 0.5) is 5.69 Å². The molecule has 0 aromatic heterocycles. The van der Waals surface area contributed by atoms with Crippen molar-refractivity contribution in [3.05, 3.63) is 55.6 Å². The Morgan fingerprint density at radius 2 is 1.83 bits per heavy atom. The van der Waals surface area contributed by atoms with E-state index in [2.05, 4.69) is 13.2 Å². The van der Waals surface area contributed by atoms with Gasteiger partial charge in [0.2, 0.25) is 0 Å². The molecule has 0 aliphatic rings. The van der Waals surface area contributed by atoms with Gasteiger partial charge >= 0.3 is 5.97 Å². The molecule has 98 valence electrons. The molecule has 1 aromatic rings. The molecule has 0 fully saturated rings. The Balaban J connectivity index is 0.000000631. The van der Waals surface area contributed by atoms with Crippen LogP contribution in [0.15, 0.2) is 55.6 Å². The highest BCUT2D eigenvalue weighted by atomic mass is 16.4. The van der Waals surface area contributed by atoms with Gasteiger partial charge < -0.3 is 15.7 Å². The minimum absolute atomic E-state index is 0.00394. The Kier molecular flexibility index (Phi) is 8.95. The summed E-state index contributed by atoms with van der Waals surface area (Å²) in [4.78, 5) is 12.3. The molecule has 0 heterocycles. The van der Waals surface area contributed by atoms with Crippen molar-refractivity contribution in [2.75, 3.05) is 24.5 Å². The summed E-state index contributed by atoms with van der Waals surface area (Å²) in [6.07, 6.45) is 3.34. The maximum Gasteiger partial charge on any atom is 0.323 e. The third-order valence-corrected chi connectivity index (χ3v) is 1.96. The number of rotatable bonds is 6. The Labute approximate surface area is 108 Å². The van der Waals surface area contributed by atoms with Crippen molar-refractivity contribution in [2.24, 2.45) is 5.73 Å². The standard InChI is InChI=1S/C11H13NO2.C3H7N/c1-2-8-12(9-11(13)14)10-6-4-3-5-7-10;1-2-3-4/h2-7H,1,8-9H2,(H,13,14);2H,1,3-4H2. The van der Waals surface area contributed by atoms with E-state index in [0.29, 0.717) is 13.1 Å². The monoisotopic (exact) mass is 248 g/mol. The number of nitrogens with two attached hydrogens (primary N) is 1. The molecule has 0 bridgehead atoms. The lowest BCUT2D eigenvalue weighted by atomic mass is 10.3. The normalized spacial score (nSPS) is 8.72. The van der Waals surface area contributed by atoms with Crippen LogP contribution < -0.4 is 10.6 Å². The summed E-state index contributed by atoms with van der Waals surface area (Å²) in [5.74, 6) is -0.837. The van der Waals surface area contributed by atoms with Gasteiger partial charge in [0.05, 0.1) is 0 Å². The van der Waals surface area contributed by atoms with Gasteiger partial charge in [-0.2, -0.15) is 0 Å². The van der Waals surface area contributed by atoms with Crippen LogP contribution in [0.3, 0.4) is 0 Å². The maximum absolute atomic E-state index is 10.6. The van der Waals surface area contributed by atoms with Gasteiger partial charge in [-0.25, -0.2) is 0 Å². The summed E-state index contributed by atoms with van der Waals surface area (Å²) < 4.78 is 0. The second-order valence-electron chi connectivity index (χ2n) is 3.42. The molecule has 0 atom stereocenters. The number of carboxylic acid groups (broad SMARTS) is 1. The molecule has 3 N–H and O–H groups in total. The first kappa shape index (κ1) is 15.9. The van der Waals surface area contributed by atoms with Crippen LogP contribution in [0, 0.1) is 0 Å². The van der Waals surface area contributed by atoms with Crippen molar-refractivity contribution < 1.29 is 9.90 Å². The highest BCUT2D eigenvalue weighted by Crippen LogP contribution is 2.12. The average Bonchev–Trinajstić information content (AvgIpc) is 2.39. The number of benzene rings is 1. The van der Waals surface area contributed by atoms with E-state index in [0.717, 1.165) is 5.69 Å². The van der Waals surface area contributed by atoms with E-state index in [1.165, 1.54) is 0 Å². The number of anilines is 1. The minimum atomic E-state index is -0.837. The smallest absolute Gasteiger partial charge is 0.323 e. The fourth-order valence-electron chi connectivity index (χ4n) is 1.22. The summed E-state index contributed by atoms with van der Waals surface area (Å²) in [6, 6.07) is 9.43. The van der Waals surface area contributed by atoms with E-state index in [1.807, 2.05) is 30.3 Å². The molecule has 1 aromatic carbocycles. The Morgan fingerprint density at radius 3 is 2.22 bits per heavy atom. The first-order chi connectivity index (χ1) is 8.65. The van der Waals surface area contributed by atoms with E-state index >= 15 is 0 Å². The predicted molar refractivity (Wildman–Crippen MR) is 75.7 cm³/mol. The SMILES string of the molecule is C=CCN.C=CCN(CC(=O)O)c1ccccc1. The van der Waals surface area contributed by atoms with Crippen molar-refractivity contribution in [1.29, 1.82) is 0 Å². The highest BCUT2D eigenvalue weighted by Gasteiger charge is 2.07. The number of aliphatic carboxylic acids is 1. The molecule has 0 aliphatic carbocycles. The van der Waals surface area contributed by atoms with Crippen molar-refractivity contribution in [2.45, 2.75) is 0 Å². The van der Waals surface area contributed by atoms with Crippen LogP contribution in [0.25, 0.3) is 0 Å². The Morgan fingerprint density at radius 1 is 1.28 bits per heavy atom. The first-order valence-corrected chi connectivity index (χ1v) is 5.59. The van der Waals surface area contributed by atoms with Crippen LogP contribution in [0.2, 0.25) is 0 Å². The van der Waals surface area contributed by atoms with E-state index in [-0.39, 0.29) is 6.54 Å². The molecule has 18 heavy (non-hydrogen) atoms. The molecule has 0 spiro atoms. The number of para-hydroxylation sites is 1. The lowest BCUT2D eigenvalue weighted by molar-refractivity contribution is -0.135. The summed E-state index contributed by atoms with van der Waals surface area (Å²) in [7, 11) is 0. The lowest BCUT2D eigenvalue weighted by Crippen LogP contribution is -2.29. The number of nitrogens with zero attached hydrogens (tertiary/aromatic N) is 1. The number of hydrogen-bond donors (Lipinski definition) is 2. The number of carbonyl (C=O) groups is 1. The van der Waals surface area contributed by atoms with Crippen molar-refractivity contribution in [3.63, 3.8) is 0 Å². The molecule has 0 unspecified atom stereocenters. The fourth-order valence-corrected chi connectivity index (χ4v) is 1.22. The van der Waals surface area contributed by atoms with Gasteiger partial charge in [-0.1, -0.05) is 30.4 Å². The molecular formula is C14H20N2O2. The van der Waals surface area contributed by atoms with Crippen molar-refractivity contribution >= 4 is 11.7 Å². The molecule has 4 nitrogen and oxygen atoms in total. The number of carboxylic acids is 1. The highest BCUT2D eigenvalue weighted by molar-refractivity contribution is 5.73. The van der Waals surface area contributed by atoms with Gasteiger partial charge in [0.1, 0.15) is 6.54 Å². The second kappa shape index (κ2) is 10.1. The second-order valence-corrected chi connectivity index (χ2v) is 3.42. The summed E-state index contributed by atoms with van der Waals surface area (Å²) in [5.41, 5.74) is 5.81. The van der Waals surface area contributed by atoms with Crippen LogP contribution >= 0.6 is 0 Å². The van der Waals surface area contributed by atoms with E-state index < -0.39 is 5.97 Å². The van der Waals surface area contributed by atoms with Crippen molar-refractivity contribution in [1.82, 2.24) is 0 Å². The average molecular weight is 248 g/mol. The maximum atomic E-state index is 10.6. The van der Waals surface area contributed by atoms with Gasteiger partial charge in [0, 0.05) is 18.8 Å². The summed E-state index contributed by atoms with van der Waals surface area (Å²) >= 11 is 0. The van der Waals surface area contributed by atoms with Crippen LogP contribution in [0.1, 0.15) is 0 Å². The van der Waals surface area contributed by atoms with E-state index in [9.17, 15) is 4.79 Å². The molecule has 0 saturated carbocycles. The van der Waals surface area contributed by atoms with Crippen LogP contribution in [-0.4, -0.2) is 30.7 Å². The zero-order chi connectivity index (χ0) is 13.8. The quantitative estimate of drug-likeness (QED) is 0.754. The third kappa shape index (κ3) is 7.24. The summed E-state index contributed by atoms with van der Waals surface area (Å²) in [5, 5.41) is 8.70. The van der Waals surface area contributed by atoms with Gasteiger partial charge in [0.15, 0.2) is 0 Å². The Bertz CT molecular complexity index is 363. The minimum Gasteiger partial charge on any atom is -0.480 e. The lowest BCUT2D eigenvalue weighted by Gasteiger charge is -2.20. The molecule has 0 amide bonds. The Hall–Kier alpha value is -2.07. The van der Waals surface area contributed by atoms with Gasteiger partial charge in [-0.05, 0) is 12.1 Å². The molecule has 0 radical (unpaired) electrons. The van der Waals surface area contributed by atoms with Crippen molar-refractivity contribution in [3.8, 4) is 0 Å².